The Labute approximate surface area is 176 Å². The molecule has 0 aliphatic carbocycles. The number of nitrogens with one attached hydrogen (secondary N) is 2. The van der Waals surface area contributed by atoms with Gasteiger partial charge in [-0.05, 0) is 31.0 Å². The number of likely N-dealkylation sites (N-methyl/N-ethyl adjacent to an activating group) is 1. The third kappa shape index (κ3) is 5.63. The smallest absolute Gasteiger partial charge is 0.251 e. The molecule has 2 N–H and O–H groups in total. The number of nitrogens with zero attached hydrogens (tertiary/aromatic N) is 1. The van der Waals surface area contributed by atoms with Crippen LogP contribution in [0.3, 0.4) is 0 Å². The zero-order valence-electron chi connectivity index (χ0n) is 17.4. The molecule has 164 valence electrons. The first-order valence-electron chi connectivity index (χ1n) is 10.2. The van der Waals surface area contributed by atoms with Gasteiger partial charge < -0.3 is 29.7 Å². The number of ether oxygens (including phenoxy) is 3. The number of fused-ring (bicyclic) bond motifs is 1. The SMILES string of the molecule is COCCNC(=O)[C@@H]1CCC[C@@H](NC(=O)c2ccc3c(c2)OCO3)CN(C)C(=O)C1. The van der Waals surface area contributed by atoms with Gasteiger partial charge in [0.25, 0.3) is 5.91 Å². The van der Waals surface area contributed by atoms with Gasteiger partial charge in [-0.15, -0.1) is 0 Å². The van der Waals surface area contributed by atoms with Crippen molar-refractivity contribution in [2.24, 2.45) is 5.92 Å². The van der Waals surface area contributed by atoms with Crippen molar-refractivity contribution in [3.8, 4) is 11.5 Å². The predicted molar refractivity (Wildman–Crippen MR) is 108 cm³/mol. The van der Waals surface area contributed by atoms with E-state index in [1.807, 2.05) is 0 Å². The summed E-state index contributed by atoms with van der Waals surface area (Å²) in [5, 5.41) is 5.83. The second-order valence-electron chi connectivity index (χ2n) is 7.63. The number of rotatable bonds is 6. The van der Waals surface area contributed by atoms with Crippen LogP contribution >= 0.6 is 0 Å². The average Bonchev–Trinajstić information content (AvgIpc) is 3.21. The number of methoxy groups -OCH3 is 1. The van der Waals surface area contributed by atoms with Crippen LogP contribution in [0.2, 0.25) is 0 Å². The van der Waals surface area contributed by atoms with E-state index < -0.39 is 0 Å². The van der Waals surface area contributed by atoms with E-state index >= 15 is 0 Å². The molecule has 1 aromatic rings. The molecule has 0 spiro atoms. The largest absolute Gasteiger partial charge is 0.454 e. The van der Waals surface area contributed by atoms with E-state index in [4.69, 9.17) is 14.2 Å². The van der Waals surface area contributed by atoms with Crippen molar-refractivity contribution in [3.63, 3.8) is 0 Å². The number of amides is 3. The van der Waals surface area contributed by atoms with Gasteiger partial charge in [0.1, 0.15) is 0 Å². The van der Waals surface area contributed by atoms with Gasteiger partial charge in [0.2, 0.25) is 18.6 Å². The number of carbonyl (C=O) groups excluding carboxylic acids is 3. The molecule has 9 nitrogen and oxygen atoms in total. The normalized spacial score (nSPS) is 21.4. The van der Waals surface area contributed by atoms with E-state index in [1.165, 1.54) is 0 Å². The lowest BCUT2D eigenvalue weighted by atomic mass is 9.96. The lowest BCUT2D eigenvalue weighted by Crippen LogP contribution is -2.44. The molecule has 2 aliphatic rings. The summed E-state index contributed by atoms with van der Waals surface area (Å²) in [5.74, 6) is 0.330. The zero-order chi connectivity index (χ0) is 21.5. The van der Waals surface area contributed by atoms with E-state index in [-0.39, 0.29) is 42.9 Å². The molecule has 3 rings (SSSR count). The molecule has 3 amide bonds. The van der Waals surface area contributed by atoms with E-state index in [9.17, 15) is 14.4 Å². The molecule has 0 unspecified atom stereocenters. The van der Waals surface area contributed by atoms with Gasteiger partial charge in [-0.1, -0.05) is 6.42 Å². The lowest BCUT2D eigenvalue weighted by Gasteiger charge is -2.24. The summed E-state index contributed by atoms with van der Waals surface area (Å²) in [4.78, 5) is 39.3. The summed E-state index contributed by atoms with van der Waals surface area (Å²) in [6.45, 7) is 1.40. The Hall–Kier alpha value is -2.81. The van der Waals surface area contributed by atoms with Crippen molar-refractivity contribution in [3.05, 3.63) is 23.8 Å². The topological polar surface area (TPSA) is 106 Å². The van der Waals surface area contributed by atoms with E-state index in [1.54, 1.807) is 37.3 Å². The van der Waals surface area contributed by atoms with Crippen molar-refractivity contribution in [1.82, 2.24) is 15.5 Å². The second kappa shape index (κ2) is 10.3. The van der Waals surface area contributed by atoms with Crippen LogP contribution in [-0.2, 0) is 14.3 Å². The standard InChI is InChI=1S/C21H29N3O6/c1-24-12-16(23-21(27)15-6-7-17-18(10-15)30-13-29-17)5-3-4-14(11-19(24)25)20(26)22-8-9-28-2/h6-7,10,14,16H,3-5,8-9,11-13H2,1-2H3,(H,22,26)(H,23,27)/t14-,16-/m1/s1. The first-order valence-corrected chi connectivity index (χ1v) is 10.2. The Morgan fingerprint density at radius 1 is 1.23 bits per heavy atom. The molecular formula is C21H29N3O6. The van der Waals surface area contributed by atoms with Crippen LogP contribution in [-0.4, -0.2) is 69.3 Å². The van der Waals surface area contributed by atoms with E-state index in [2.05, 4.69) is 10.6 Å². The molecule has 30 heavy (non-hydrogen) atoms. The maximum atomic E-state index is 12.7. The minimum absolute atomic E-state index is 0.105. The van der Waals surface area contributed by atoms with Crippen LogP contribution in [0, 0.1) is 5.92 Å². The molecular weight excluding hydrogens is 390 g/mol. The minimum Gasteiger partial charge on any atom is -0.454 e. The molecule has 0 radical (unpaired) electrons. The van der Waals surface area contributed by atoms with Crippen LogP contribution in [0.15, 0.2) is 18.2 Å². The summed E-state index contributed by atoms with van der Waals surface area (Å²) in [5.41, 5.74) is 0.475. The van der Waals surface area contributed by atoms with Gasteiger partial charge in [-0.2, -0.15) is 0 Å². The Bertz CT molecular complexity index is 784. The van der Waals surface area contributed by atoms with E-state index in [0.717, 1.165) is 6.42 Å². The van der Waals surface area contributed by atoms with Crippen molar-refractivity contribution in [2.45, 2.75) is 31.7 Å². The highest BCUT2D eigenvalue weighted by atomic mass is 16.7. The molecule has 2 atom stereocenters. The Morgan fingerprint density at radius 2 is 2.03 bits per heavy atom. The summed E-state index contributed by atoms with van der Waals surface area (Å²) >= 11 is 0. The second-order valence-corrected chi connectivity index (χ2v) is 7.63. The minimum atomic E-state index is -0.375. The zero-order valence-corrected chi connectivity index (χ0v) is 17.4. The summed E-state index contributed by atoms with van der Waals surface area (Å²) < 4.78 is 15.6. The third-order valence-electron chi connectivity index (χ3n) is 5.39. The van der Waals surface area contributed by atoms with Crippen LogP contribution in [0.5, 0.6) is 11.5 Å². The van der Waals surface area contributed by atoms with Crippen molar-refractivity contribution < 1.29 is 28.6 Å². The van der Waals surface area contributed by atoms with Gasteiger partial charge in [-0.25, -0.2) is 0 Å². The highest BCUT2D eigenvalue weighted by Gasteiger charge is 2.28. The third-order valence-corrected chi connectivity index (χ3v) is 5.39. The highest BCUT2D eigenvalue weighted by molar-refractivity contribution is 5.95. The molecule has 1 fully saturated rings. The number of carbonyl (C=O) groups is 3. The van der Waals surface area contributed by atoms with Crippen LogP contribution in [0.1, 0.15) is 36.0 Å². The molecule has 1 aromatic carbocycles. The molecule has 9 heteroatoms. The van der Waals surface area contributed by atoms with Gasteiger partial charge in [-0.3, -0.25) is 14.4 Å². The fraction of sp³-hybridized carbons (Fsp3) is 0.571. The summed E-state index contributed by atoms with van der Waals surface area (Å²) in [6, 6.07) is 4.85. The van der Waals surface area contributed by atoms with Gasteiger partial charge >= 0.3 is 0 Å². The van der Waals surface area contributed by atoms with Crippen molar-refractivity contribution >= 4 is 17.7 Å². The first kappa shape index (κ1) is 21.9. The monoisotopic (exact) mass is 419 g/mol. The van der Waals surface area contributed by atoms with Crippen LogP contribution in [0.25, 0.3) is 0 Å². The Kier molecular flexibility index (Phi) is 7.51. The highest BCUT2D eigenvalue weighted by Crippen LogP contribution is 2.32. The lowest BCUT2D eigenvalue weighted by molar-refractivity contribution is -0.135. The summed E-state index contributed by atoms with van der Waals surface area (Å²) in [6.07, 6.45) is 2.16. The fourth-order valence-electron chi connectivity index (χ4n) is 3.67. The summed E-state index contributed by atoms with van der Waals surface area (Å²) in [7, 11) is 3.27. The van der Waals surface area contributed by atoms with Crippen LogP contribution in [0.4, 0.5) is 0 Å². The van der Waals surface area contributed by atoms with Gasteiger partial charge in [0.05, 0.1) is 6.61 Å². The fourth-order valence-corrected chi connectivity index (χ4v) is 3.67. The predicted octanol–water partition coefficient (Wildman–Crippen LogP) is 0.925. The quantitative estimate of drug-likeness (QED) is 0.665. The number of hydrogen-bond donors (Lipinski definition) is 2. The number of hydrogen-bond acceptors (Lipinski definition) is 6. The number of benzene rings is 1. The molecule has 1 saturated heterocycles. The Morgan fingerprint density at radius 3 is 2.83 bits per heavy atom. The van der Waals surface area contributed by atoms with Crippen molar-refractivity contribution in [2.75, 3.05) is 40.6 Å². The molecule has 2 heterocycles. The molecule has 0 bridgehead atoms. The Balaban J connectivity index is 1.60. The van der Waals surface area contributed by atoms with E-state index in [0.29, 0.717) is 49.6 Å². The average molecular weight is 419 g/mol. The molecule has 0 aromatic heterocycles. The van der Waals surface area contributed by atoms with Crippen molar-refractivity contribution in [1.29, 1.82) is 0 Å². The maximum Gasteiger partial charge on any atom is 0.251 e. The molecule has 0 saturated carbocycles. The van der Waals surface area contributed by atoms with Gasteiger partial charge in [0.15, 0.2) is 11.5 Å². The first-order chi connectivity index (χ1) is 14.5. The molecule has 2 aliphatic heterocycles. The van der Waals surface area contributed by atoms with Gasteiger partial charge in [0, 0.05) is 51.2 Å². The maximum absolute atomic E-state index is 12.7. The van der Waals surface area contributed by atoms with Crippen LogP contribution < -0.4 is 20.1 Å².